The third-order valence-corrected chi connectivity index (χ3v) is 7.51. The van der Waals surface area contributed by atoms with Crippen LogP contribution in [0.1, 0.15) is 65.3 Å². The zero-order chi connectivity index (χ0) is 22.1. The highest BCUT2D eigenvalue weighted by Crippen LogP contribution is 2.56. The van der Waals surface area contributed by atoms with Gasteiger partial charge in [0.25, 0.3) is 11.8 Å². The highest BCUT2D eigenvalue weighted by molar-refractivity contribution is 6.21. The van der Waals surface area contributed by atoms with Crippen LogP contribution in [0, 0.1) is 5.41 Å². The molecule has 0 radical (unpaired) electrons. The number of fused-ring (bicyclic) bond motifs is 2. The van der Waals surface area contributed by atoms with Crippen LogP contribution in [0.5, 0.6) is 5.75 Å². The Morgan fingerprint density at radius 3 is 2.32 bits per heavy atom. The minimum absolute atomic E-state index is 0.0859. The fourth-order valence-electron chi connectivity index (χ4n) is 5.63. The summed E-state index contributed by atoms with van der Waals surface area (Å²) in [5.74, 6) is 0.355. The highest BCUT2D eigenvalue weighted by atomic mass is 16.5. The predicted molar refractivity (Wildman–Crippen MR) is 120 cm³/mol. The second kappa shape index (κ2) is 8.44. The van der Waals surface area contributed by atoms with Crippen LogP contribution >= 0.6 is 0 Å². The lowest BCUT2D eigenvalue weighted by Crippen LogP contribution is -2.65. The second-order valence-corrected chi connectivity index (χ2v) is 8.95. The number of carbonyl (C=O) groups excluding carboxylic acids is 2. The van der Waals surface area contributed by atoms with Gasteiger partial charge >= 0.3 is 0 Å². The fourth-order valence-corrected chi connectivity index (χ4v) is 5.63. The third kappa shape index (κ3) is 3.64. The Morgan fingerprint density at radius 1 is 0.968 bits per heavy atom. The van der Waals surface area contributed by atoms with E-state index in [9.17, 15) is 9.59 Å². The molecule has 1 aliphatic carbocycles. The number of ether oxygens (including phenoxy) is 1. The Kier molecular flexibility index (Phi) is 5.86. The third-order valence-electron chi connectivity index (χ3n) is 7.51. The van der Waals surface area contributed by atoms with Crippen molar-refractivity contribution in [1.29, 1.82) is 0 Å². The molecule has 5 rings (SSSR count). The summed E-state index contributed by atoms with van der Waals surface area (Å²) in [6.07, 6.45) is 6.30. The van der Waals surface area contributed by atoms with E-state index in [4.69, 9.17) is 10.5 Å². The number of carbonyl (C=O) groups is 2. The maximum atomic E-state index is 10.9. The molecule has 3 unspecified atom stereocenters. The van der Waals surface area contributed by atoms with Crippen molar-refractivity contribution in [3.05, 3.63) is 65.2 Å². The van der Waals surface area contributed by atoms with Gasteiger partial charge in [0, 0.05) is 10.8 Å². The highest BCUT2D eigenvalue weighted by Gasteiger charge is 2.55. The van der Waals surface area contributed by atoms with E-state index < -0.39 is 0 Å². The molecule has 4 N–H and O–H groups in total. The summed E-state index contributed by atoms with van der Waals surface area (Å²) in [6, 6.07) is 15.4. The van der Waals surface area contributed by atoms with Gasteiger partial charge in [-0.25, -0.2) is 0 Å². The Hall–Kier alpha value is -2.70. The summed E-state index contributed by atoms with van der Waals surface area (Å²) >= 11 is 0. The molecule has 0 spiro atoms. The number of nitrogens with two attached hydrogens (primary N) is 1. The van der Waals surface area contributed by atoms with E-state index in [1.165, 1.54) is 37.7 Å². The van der Waals surface area contributed by atoms with Crippen molar-refractivity contribution >= 4 is 11.8 Å². The van der Waals surface area contributed by atoms with Crippen molar-refractivity contribution in [2.24, 2.45) is 11.1 Å². The van der Waals surface area contributed by atoms with Crippen LogP contribution in [-0.4, -0.2) is 31.6 Å². The number of rotatable bonds is 2. The van der Waals surface area contributed by atoms with Crippen molar-refractivity contribution in [3.63, 3.8) is 0 Å². The quantitative estimate of drug-likeness (QED) is 0.647. The van der Waals surface area contributed by atoms with E-state index in [1.54, 1.807) is 31.4 Å². The largest absolute Gasteiger partial charge is 0.497 e. The average molecular weight is 422 g/mol. The van der Waals surface area contributed by atoms with Crippen molar-refractivity contribution < 1.29 is 14.3 Å². The average Bonchev–Trinajstić information content (AvgIpc) is 3.09. The summed E-state index contributed by atoms with van der Waals surface area (Å²) < 4.78 is 5.43. The maximum Gasteiger partial charge on any atom is 0.258 e. The van der Waals surface area contributed by atoms with E-state index in [-0.39, 0.29) is 28.8 Å². The van der Waals surface area contributed by atoms with Gasteiger partial charge < -0.3 is 15.8 Å². The monoisotopic (exact) mass is 421 g/mol. The van der Waals surface area contributed by atoms with E-state index >= 15 is 0 Å². The molecule has 2 aromatic carbocycles. The first-order valence-corrected chi connectivity index (χ1v) is 11.0. The van der Waals surface area contributed by atoms with E-state index in [0.717, 1.165) is 12.3 Å². The van der Waals surface area contributed by atoms with Crippen LogP contribution in [0.4, 0.5) is 0 Å². The summed E-state index contributed by atoms with van der Waals surface area (Å²) in [5.41, 5.74) is 9.16. The van der Waals surface area contributed by atoms with Gasteiger partial charge in [0.2, 0.25) is 0 Å². The lowest BCUT2D eigenvalue weighted by atomic mass is 9.50. The number of hydrogen-bond acceptors (Lipinski definition) is 5. The molecular weight excluding hydrogens is 390 g/mol. The molecule has 6 nitrogen and oxygen atoms in total. The molecule has 2 heterocycles. The van der Waals surface area contributed by atoms with Crippen molar-refractivity contribution in [3.8, 4) is 5.75 Å². The normalized spacial score (nSPS) is 29.2. The molecule has 0 bridgehead atoms. The first-order valence-electron chi connectivity index (χ1n) is 11.0. The number of hydrogen-bond donors (Lipinski definition) is 3. The number of benzene rings is 2. The minimum Gasteiger partial charge on any atom is -0.497 e. The molecule has 2 amide bonds. The molecular formula is C25H31N3O3. The van der Waals surface area contributed by atoms with Gasteiger partial charge in [-0.2, -0.15) is 0 Å². The first kappa shape index (κ1) is 21.5. The molecule has 1 saturated heterocycles. The topological polar surface area (TPSA) is 93.4 Å². The van der Waals surface area contributed by atoms with Gasteiger partial charge in [-0.3, -0.25) is 14.9 Å². The van der Waals surface area contributed by atoms with Gasteiger partial charge in [-0.05, 0) is 55.6 Å². The number of imide groups is 1. The van der Waals surface area contributed by atoms with Gasteiger partial charge in [-0.15, -0.1) is 0 Å². The van der Waals surface area contributed by atoms with Crippen LogP contribution in [0.15, 0.2) is 48.5 Å². The standard InChI is InChI=1S/C17H26N2O.C8H5NO2/c1-16-8-3-4-9-17(16,10-11-19-15(16)18)13-6-5-7-14(12-13)20-2;10-7-5-3-1-2-4-6(5)8(11)9-7/h5-7,12,15,19H,3-4,8-11,18H2,1-2H3;1-4H,(H,9,10,11). The number of amides is 2. The van der Waals surface area contributed by atoms with Gasteiger partial charge in [0.15, 0.2) is 0 Å². The lowest BCUT2D eigenvalue weighted by Gasteiger charge is -2.58. The second-order valence-electron chi connectivity index (χ2n) is 8.95. The zero-order valence-electron chi connectivity index (χ0n) is 18.2. The first-order chi connectivity index (χ1) is 14.9. The predicted octanol–water partition coefficient (Wildman–Crippen LogP) is 3.36. The molecule has 164 valence electrons. The fraction of sp³-hybridized carbons (Fsp3) is 0.440. The Morgan fingerprint density at radius 2 is 1.65 bits per heavy atom. The number of nitrogens with one attached hydrogen (secondary N) is 2. The van der Waals surface area contributed by atoms with Gasteiger partial charge in [0.05, 0.1) is 24.4 Å². The molecule has 31 heavy (non-hydrogen) atoms. The van der Waals surface area contributed by atoms with Crippen LogP contribution < -0.4 is 21.1 Å². The molecule has 3 atom stereocenters. The Balaban J connectivity index is 0.000000177. The molecule has 6 heteroatoms. The number of piperidine rings is 1. The van der Waals surface area contributed by atoms with Gasteiger partial charge in [-0.1, -0.05) is 44.0 Å². The van der Waals surface area contributed by atoms with E-state index in [1.807, 2.05) is 6.07 Å². The van der Waals surface area contributed by atoms with Crippen LogP contribution in [0.25, 0.3) is 0 Å². The molecule has 0 aromatic heterocycles. The van der Waals surface area contributed by atoms with Crippen molar-refractivity contribution in [2.75, 3.05) is 13.7 Å². The number of methoxy groups -OCH3 is 1. The van der Waals surface area contributed by atoms with Crippen molar-refractivity contribution in [2.45, 2.75) is 50.6 Å². The summed E-state index contributed by atoms with van der Waals surface area (Å²) in [4.78, 5) is 21.9. The van der Waals surface area contributed by atoms with E-state index in [0.29, 0.717) is 11.1 Å². The van der Waals surface area contributed by atoms with Gasteiger partial charge in [0.1, 0.15) is 5.75 Å². The lowest BCUT2D eigenvalue weighted by molar-refractivity contribution is -0.000901. The van der Waals surface area contributed by atoms with Crippen LogP contribution in [0.3, 0.4) is 0 Å². The van der Waals surface area contributed by atoms with Crippen LogP contribution in [-0.2, 0) is 5.41 Å². The summed E-state index contributed by atoms with van der Waals surface area (Å²) in [6.45, 7) is 3.39. The minimum atomic E-state index is -0.300. The van der Waals surface area contributed by atoms with E-state index in [2.05, 4.69) is 35.8 Å². The van der Waals surface area contributed by atoms with Crippen LogP contribution in [0.2, 0.25) is 0 Å². The smallest absolute Gasteiger partial charge is 0.258 e. The molecule has 3 aliphatic rings. The maximum absolute atomic E-state index is 10.9. The molecule has 2 fully saturated rings. The molecule has 1 saturated carbocycles. The Bertz CT molecular complexity index is 954. The molecule has 2 aliphatic heterocycles. The molecule has 2 aromatic rings. The Labute approximate surface area is 183 Å². The summed E-state index contributed by atoms with van der Waals surface area (Å²) in [5, 5.41) is 5.70. The zero-order valence-corrected chi connectivity index (χ0v) is 18.2. The summed E-state index contributed by atoms with van der Waals surface area (Å²) in [7, 11) is 1.74. The SMILES string of the molecule is COc1cccc(C23CCCCC2(C)C(N)NCC3)c1.O=C1NC(=O)c2ccccc21. The van der Waals surface area contributed by atoms with Crippen molar-refractivity contribution in [1.82, 2.24) is 10.6 Å².